The van der Waals surface area contributed by atoms with Gasteiger partial charge in [-0.25, -0.2) is 4.98 Å². The highest BCUT2D eigenvalue weighted by Crippen LogP contribution is 2.35. The van der Waals surface area contributed by atoms with Crippen LogP contribution in [0.4, 0.5) is 5.13 Å². The number of nitrogens with zero attached hydrogens (tertiary/aromatic N) is 1. The lowest BCUT2D eigenvalue weighted by Crippen LogP contribution is -2.16. The molecule has 5 heteroatoms. The predicted molar refractivity (Wildman–Crippen MR) is 84.5 cm³/mol. The van der Waals surface area contributed by atoms with Gasteiger partial charge in [0.2, 0.25) is 6.41 Å². The van der Waals surface area contributed by atoms with Crippen molar-refractivity contribution in [1.29, 1.82) is 0 Å². The standard InChI is InChI=1S/C16H18N2O2S/c19-10-17-16-18-15(9-21-16)13-3-1-2-12(8-13)11-4-6-14(20)7-5-11/h1-3,8-11,14,20H,4-7H2,(H,17,18,19). The minimum absolute atomic E-state index is 0.125. The first-order chi connectivity index (χ1) is 10.3. The first-order valence-electron chi connectivity index (χ1n) is 7.20. The number of aliphatic hydroxyl groups excluding tert-OH is 1. The zero-order valence-electron chi connectivity index (χ0n) is 11.7. The molecule has 1 saturated carbocycles. The average Bonchev–Trinajstić information content (AvgIpc) is 2.97. The normalized spacial score (nSPS) is 22.0. The van der Waals surface area contributed by atoms with Crippen LogP contribution in [-0.4, -0.2) is 22.6 Å². The molecular weight excluding hydrogens is 284 g/mol. The fourth-order valence-electron chi connectivity index (χ4n) is 2.88. The van der Waals surface area contributed by atoms with Crippen molar-refractivity contribution in [3.8, 4) is 11.3 Å². The molecule has 1 amide bonds. The Balaban J connectivity index is 1.80. The maximum absolute atomic E-state index is 10.4. The second-order valence-electron chi connectivity index (χ2n) is 5.43. The molecule has 110 valence electrons. The summed E-state index contributed by atoms with van der Waals surface area (Å²) in [6.45, 7) is 0. The third-order valence-electron chi connectivity index (χ3n) is 4.04. The largest absolute Gasteiger partial charge is 0.393 e. The molecule has 0 spiro atoms. The van der Waals surface area contributed by atoms with Crippen molar-refractivity contribution >= 4 is 22.9 Å². The summed E-state index contributed by atoms with van der Waals surface area (Å²) in [5.74, 6) is 0.527. The number of carbonyl (C=O) groups is 1. The Kier molecular flexibility index (Phi) is 4.31. The van der Waals surface area contributed by atoms with Crippen LogP contribution in [0.5, 0.6) is 0 Å². The first-order valence-corrected chi connectivity index (χ1v) is 8.08. The van der Waals surface area contributed by atoms with Crippen molar-refractivity contribution in [2.75, 3.05) is 5.32 Å². The second-order valence-corrected chi connectivity index (χ2v) is 6.29. The van der Waals surface area contributed by atoms with E-state index in [9.17, 15) is 9.90 Å². The maximum atomic E-state index is 10.4. The number of nitrogens with one attached hydrogen (secondary N) is 1. The van der Waals surface area contributed by atoms with Gasteiger partial charge in [0.05, 0.1) is 11.8 Å². The Morgan fingerprint density at radius 3 is 2.86 bits per heavy atom. The van der Waals surface area contributed by atoms with E-state index in [0.29, 0.717) is 17.5 Å². The smallest absolute Gasteiger partial charge is 0.213 e. The topological polar surface area (TPSA) is 62.2 Å². The molecule has 1 heterocycles. The van der Waals surface area contributed by atoms with E-state index < -0.39 is 0 Å². The Hall–Kier alpha value is -1.72. The molecular formula is C16H18N2O2S. The second kappa shape index (κ2) is 6.37. The van der Waals surface area contributed by atoms with E-state index in [2.05, 4.69) is 28.5 Å². The van der Waals surface area contributed by atoms with Gasteiger partial charge in [-0.3, -0.25) is 4.79 Å². The van der Waals surface area contributed by atoms with Gasteiger partial charge in [-0.2, -0.15) is 0 Å². The van der Waals surface area contributed by atoms with Gasteiger partial charge in [0.1, 0.15) is 0 Å². The molecule has 21 heavy (non-hydrogen) atoms. The Morgan fingerprint density at radius 2 is 2.10 bits per heavy atom. The van der Waals surface area contributed by atoms with Crippen LogP contribution >= 0.6 is 11.3 Å². The summed E-state index contributed by atoms with van der Waals surface area (Å²) in [5.41, 5.74) is 3.29. The van der Waals surface area contributed by atoms with Gasteiger partial charge < -0.3 is 10.4 Å². The molecule has 0 radical (unpaired) electrons. The number of benzene rings is 1. The Bertz CT molecular complexity index is 618. The van der Waals surface area contributed by atoms with Crippen LogP contribution in [0, 0.1) is 0 Å². The van der Waals surface area contributed by atoms with E-state index in [-0.39, 0.29) is 6.10 Å². The molecule has 0 saturated heterocycles. The lowest BCUT2D eigenvalue weighted by molar-refractivity contribution is -0.105. The Morgan fingerprint density at radius 1 is 1.29 bits per heavy atom. The molecule has 1 aromatic heterocycles. The molecule has 0 aliphatic heterocycles. The quantitative estimate of drug-likeness (QED) is 0.851. The van der Waals surface area contributed by atoms with E-state index in [1.165, 1.54) is 16.9 Å². The summed E-state index contributed by atoms with van der Waals surface area (Å²) in [7, 11) is 0. The molecule has 0 unspecified atom stereocenters. The van der Waals surface area contributed by atoms with Gasteiger partial charge in [0.15, 0.2) is 5.13 Å². The molecule has 1 fully saturated rings. The molecule has 4 nitrogen and oxygen atoms in total. The van der Waals surface area contributed by atoms with Crippen LogP contribution in [0.25, 0.3) is 11.3 Å². The molecule has 3 rings (SSSR count). The van der Waals surface area contributed by atoms with E-state index in [0.717, 1.165) is 36.9 Å². The molecule has 1 aromatic carbocycles. The maximum Gasteiger partial charge on any atom is 0.213 e. The van der Waals surface area contributed by atoms with Crippen molar-refractivity contribution in [2.24, 2.45) is 0 Å². The zero-order valence-corrected chi connectivity index (χ0v) is 12.5. The fraction of sp³-hybridized carbons (Fsp3) is 0.375. The third kappa shape index (κ3) is 3.31. The summed E-state index contributed by atoms with van der Waals surface area (Å²) in [6.07, 6.45) is 4.38. The molecule has 1 aliphatic carbocycles. The van der Waals surface area contributed by atoms with Crippen LogP contribution in [0.3, 0.4) is 0 Å². The summed E-state index contributed by atoms with van der Waals surface area (Å²) in [6, 6.07) is 8.44. The molecule has 1 aliphatic rings. The SMILES string of the molecule is O=CNc1nc(-c2cccc(C3CCC(O)CC3)c2)cs1. The van der Waals surface area contributed by atoms with Gasteiger partial charge in [-0.05, 0) is 43.2 Å². The predicted octanol–water partition coefficient (Wildman–Crippen LogP) is 3.40. The number of carbonyl (C=O) groups excluding carboxylic acids is 1. The number of thiazole rings is 1. The van der Waals surface area contributed by atoms with Crippen molar-refractivity contribution in [3.63, 3.8) is 0 Å². The number of rotatable bonds is 4. The lowest BCUT2D eigenvalue weighted by atomic mass is 9.82. The van der Waals surface area contributed by atoms with Crippen LogP contribution in [0.1, 0.15) is 37.2 Å². The molecule has 0 atom stereocenters. The van der Waals surface area contributed by atoms with Gasteiger partial charge >= 0.3 is 0 Å². The van der Waals surface area contributed by atoms with Gasteiger partial charge in [-0.15, -0.1) is 11.3 Å². The highest BCUT2D eigenvalue weighted by molar-refractivity contribution is 7.14. The van der Waals surface area contributed by atoms with Crippen LogP contribution in [0.2, 0.25) is 0 Å². The van der Waals surface area contributed by atoms with E-state index in [4.69, 9.17) is 0 Å². The lowest BCUT2D eigenvalue weighted by Gasteiger charge is -2.25. The highest BCUT2D eigenvalue weighted by Gasteiger charge is 2.21. The van der Waals surface area contributed by atoms with Crippen LogP contribution in [0.15, 0.2) is 29.6 Å². The monoisotopic (exact) mass is 302 g/mol. The fourth-order valence-corrected chi connectivity index (χ4v) is 3.56. The number of anilines is 1. The highest BCUT2D eigenvalue weighted by atomic mass is 32.1. The summed E-state index contributed by atoms with van der Waals surface area (Å²) in [5, 5.41) is 14.8. The van der Waals surface area contributed by atoms with Crippen molar-refractivity contribution < 1.29 is 9.90 Å². The number of hydrogen-bond acceptors (Lipinski definition) is 4. The third-order valence-corrected chi connectivity index (χ3v) is 4.81. The van der Waals surface area contributed by atoms with Gasteiger partial charge in [-0.1, -0.05) is 18.2 Å². The first kappa shape index (κ1) is 14.2. The molecule has 0 bridgehead atoms. The van der Waals surface area contributed by atoms with E-state index in [1.54, 1.807) is 0 Å². The van der Waals surface area contributed by atoms with Crippen molar-refractivity contribution in [2.45, 2.75) is 37.7 Å². The average molecular weight is 302 g/mol. The van der Waals surface area contributed by atoms with Crippen LogP contribution < -0.4 is 5.32 Å². The number of aromatic nitrogens is 1. The van der Waals surface area contributed by atoms with Crippen molar-refractivity contribution in [3.05, 3.63) is 35.2 Å². The van der Waals surface area contributed by atoms with Gasteiger partial charge in [0.25, 0.3) is 0 Å². The van der Waals surface area contributed by atoms with Crippen molar-refractivity contribution in [1.82, 2.24) is 4.98 Å². The summed E-state index contributed by atoms with van der Waals surface area (Å²) < 4.78 is 0. The van der Waals surface area contributed by atoms with Gasteiger partial charge in [0, 0.05) is 10.9 Å². The number of hydrogen-bond donors (Lipinski definition) is 2. The van der Waals surface area contributed by atoms with E-state index in [1.807, 2.05) is 11.4 Å². The summed E-state index contributed by atoms with van der Waals surface area (Å²) >= 11 is 1.42. The van der Waals surface area contributed by atoms with E-state index >= 15 is 0 Å². The minimum atomic E-state index is -0.125. The minimum Gasteiger partial charge on any atom is -0.393 e. The number of amides is 1. The Labute approximate surface area is 127 Å². The summed E-state index contributed by atoms with van der Waals surface area (Å²) in [4.78, 5) is 14.8. The number of aliphatic hydroxyl groups is 1. The van der Waals surface area contributed by atoms with Crippen LogP contribution in [-0.2, 0) is 4.79 Å². The molecule has 2 N–H and O–H groups in total. The zero-order chi connectivity index (χ0) is 14.7. The molecule has 2 aromatic rings.